The van der Waals surface area contributed by atoms with Crippen LogP contribution in [0.15, 0.2) is 12.3 Å². The summed E-state index contributed by atoms with van der Waals surface area (Å²) < 4.78 is 5.67. The highest BCUT2D eigenvalue weighted by Crippen LogP contribution is 2.33. The third-order valence-electron chi connectivity index (χ3n) is 6.83. The fourth-order valence-electron chi connectivity index (χ4n) is 5.09. The van der Waals surface area contributed by atoms with E-state index in [0.717, 1.165) is 63.4 Å². The molecule has 4 heterocycles. The lowest BCUT2D eigenvalue weighted by Crippen LogP contribution is -2.39. The van der Waals surface area contributed by atoms with Crippen molar-refractivity contribution in [3.8, 4) is 0 Å². The minimum atomic E-state index is -0.298. The lowest BCUT2D eigenvalue weighted by atomic mass is 9.91. The maximum absolute atomic E-state index is 13.0. The maximum atomic E-state index is 13.0. The molecule has 32 heavy (non-hydrogen) atoms. The SMILES string of the molecule is CC(C)NC(=O)[C@H]1CN(C(=O)CC[C@@H]2CCCO2)C[C@@H]1c1ccnc(N2CCCCC2)n1. The lowest BCUT2D eigenvalue weighted by Gasteiger charge is -2.27. The Labute approximate surface area is 191 Å². The lowest BCUT2D eigenvalue weighted by molar-refractivity contribution is -0.131. The van der Waals surface area contributed by atoms with Gasteiger partial charge in [-0.1, -0.05) is 0 Å². The number of anilines is 1. The molecule has 0 bridgehead atoms. The number of amides is 2. The van der Waals surface area contributed by atoms with Crippen molar-refractivity contribution in [3.05, 3.63) is 18.0 Å². The monoisotopic (exact) mass is 443 g/mol. The van der Waals surface area contributed by atoms with Crippen molar-refractivity contribution in [1.82, 2.24) is 20.2 Å². The highest BCUT2D eigenvalue weighted by molar-refractivity contribution is 5.83. The topological polar surface area (TPSA) is 87.7 Å². The van der Waals surface area contributed by atoms with Crippen molar-refractivity contribution in [2.45, 2.75) is 76.9 Å². The number of carbonyl (C=O) groups excluding carboxylic acids is 2. The number of nitrogens with one attached hydrogen (secondary N) is 1. The molecule has 3 atom stereocenters. The summed E-state index contributed by atoms with van der Waals surface area (Å²) in [7, 11) is 0. The molecule has 0 aromatic carbocycles. The Morgan fingerprint density at radius 2 is 2.00 bits per heavy atom. The first-order valence-electron chi connectivity index (χ1n) is 12.3. The van der Waals surface area contributed by atoms with E-state index in [1.807, 2.05) is 24.8 Å². The van der Waals surface area contributed by atoms with Gasteiger partial charge in [0.05, 0.1) is 17.7 Å². The first-order chi connectivity index (χ1) is 15.5. The molecule has 176 valence electrons. The molecule has 1 aromatic rings. The number of likely N-dealkylation sites (tertiary alicyclic amines) is 1. The molecule has 4 rings (SSSR count). The van der Waals surface area contributed by atoms with E-state index in [1.165, 1.54) is 6.42 Å². The van der Waals surface area contributed by atoms with Gasteiger partial charge in [0.15, 0.2) is 0 Å². The third-order valence-corrected chi connectivity index (χ3v) is 6.83. The van der Waals surface area contributed by atoms with Crippen LogP contribution in [0.1, 0.15) is 70.4 Å². The Bertz CT molecular complexity index is 790. The van der Waals surface area contributed by atoms with Gasteiger partial charge in [0.25, 0.3) is 0 Å². The van der Waals surface area contributed by atoms with Gasteiger partial charge in [0.2, 0.25) is 17.8 Å². The number of rotatable bonds is 7. The second kappa shape index (κ2) is 10.6. The van der Waals surface area contributed by atoms with E-state index in [-0.39, 0.29) is 35.8 Å². The fraction of sp³-hybridized carbons (Fsp3) is 0.750. The van der Waals surface area contributed by atoms with Gasteiger partial charge in [-0.3, -0.25) is 9.59 Å². The highest BCUT2D eigenvalue weighted by Gasteiger charge is 2.41. The van der Waals surface area contributed by atoms with Crippen molar-refractivity contribution >= 4 is 17.8 Å². The zero-order valence-corrected chi connectivity index (χ0v) is 19.5. The zero-order valence-electron chi connectivity index (χ0n) is 19.5. The van der Waals surface area contributed by atoms with E-state index in [9.17, 15) is 9.59 Å². The normalized spacial score (nSPS) is 26.0. The fourth-order valence-corrected chi connectivity index (χ4v) is 5.09. The summed E-state index contributed by atoms with van der Waals surface area (Å²) in [5.41, 5.74) is 0.860. The van der Waals surface area contributed by atoms with Gasteiger partial charge in [0.1, 0.15) is 0 Å². The maximum Gasteiger partial charge on any atom is 0.225 e. The number of hydrogen-bond acceptors (Lipinski definition) is 6. The number of carbonyl (C=O) groups is 2. The van der Waals surface area contributed by atoms with E-state index in [1.54, 1.807) is 6.20 Å². The Morgan fingerprint density at radius 3 is 2.72 bits per heavy atom. The summed E-state index contributed by atoms with van der Waals surface area (Å²) in [6.45, 7) is 7.64. The minimum Gasteiger partial charge on any atom is -0.378 e. The molecule has 0 aliphatic carbocycles. The van der Waals surface area contributed by atoms with E-state index >= 15 is 0 Å². The van der Waals surface area contributed by atoms with Crippen molar-refractivity contribution in [1.29, 1.82) is 0 Å². The van der Waals surface area contributed by atoms with Gasteiger partial charge in [-0.05, 0) is 58.4 Å². The number of ether oxygens (including phenoxy) is 1. The van der Waals surface area contributed by atoms with Crippen LogP contribution in [0.4, 0.5) is 5.95 Å². The smallest absolute Gasteiger partial charge is 0.225 e. The second-order valence-corrected chi connectivity index (χ2v) is 9.68. The molecule has 1 N–H and O–H groups in total. The zero-order chi connectivity index (χ0) is 22.5. The summed E-state index contributed by atoms with van der Waals surface area (Å²) in [6.07, 6.45) is 8.91. The molecule has 8 nitrogen and oxygen atoms in total. The molecule has 1 aromatic heterocycles. The molecule has 0 radical (unpaired) electrons. The molecular weight excluding hydrogens is 406 g/mol. The molecule has 8 heteroatoms. The van der Waals surface area contributed by atoms with Gasteiger partial charge in [-0.25, -0.2) is 9.97 Å². The minimum absolute atomic E-state index is 0.00226. The first kappa shape index (κ1) is 23.0. The van der Waals surface area contributed by atoms with Crippen molar-refractivity contribution in [2.24, 2.45) is 5.92 Å². The van der Waals surface area contributed by atoms with Crippen LogP contribution in [-0.4, -0.2) is 71.6 Å². The van der Waals surface area contributed by atoms with Crippen molar-refractivity contribution < 1.29 is 14.3 Å². The van der Waals surface area contributed by atoms with Crippen molar-refractivity contribution in [3.63, 3.8) is 0 Å². The van der Waals surface area contributed by atoms with Crippen LogP contribution < -0.4 is 10.2 Å². The van der Waals surface area contributed by atoms with E-state index in [0.29, 0.717) is 19.5 Å². The highest BCUT2D eigenvalue weighted by atomic mass is 16.5. The summed E-state index contributed by atoms with van der Waals surface area (Å²) in [5, 5.41) is 3.05. The number of hydrogen-bond donors (Lipinski definition) is 1. The summed E-state index contributed by atoms with van der Waals surface area (Å²) >= 11 is 0. The molecule has 0 unspecified atom stereocenters. The van der Waals surface area contributed by atoms with E-state index in [4.69, 9.17) is 9.72 Å². The standard InChI is InChI=1S/C24H37N5O3/c1-17(2)26-23(31)20-16-29(22(30)9-8-18-7-6-14-32-18)15-19(20)21-10-11-25-24(27-21)28-12-4-3-5-13-28/h10-11,17-20H,3-9,12-16H2,1-2H3,(H,26,31)/t18-,19-,20-/m0/s1. The third kappa shape index (κ3) is 5.57. The van der Waals surface area contributed by atoms with Crippen LogP contribution in [0.3, 0.4) is 0 Å². The van der Waals surface area contributed by atoms with E-state index in [2.05, 4.69) is 15.2 Å². The van der Waals surface area contributed by atoms with Gasteiger partial charge in [0, 0.05) is 57.4 Å². The molecule has 0 spiro atoms. The molecule has 3 aliphatic heterocycles. The van der Waals surface area contributed by atoms with Gasteiger partial charge in [-0.15, -0.1) is 0 Å². The largest absolute Gasteiger partial charge is 0.378 e. The molecule has 3 saturated heterocycles. The predicted octanol–water partition coefficient (Wildman–Crippen LogP) is 2.49. The van der Waals surface area contributed by atoms with Crippen LogP contribution in [0.25, 0.3) is 0 Å². The number of nitrogens with zero attached hydrogens (tertiary/aromatic N) is 4. The van der Waals surface area contributed by atoms with Crippen LogP contribution in [0.5, 0.6) is 0 Å². The molecule has 3 fully saturated rings. The Hall–Kier alpha value is -2.22. The van der Waals surface area contributed by atoms with Crippen LogP contribution in [0.2, 0.25) is 0 Å². The summed E-state index contributed by atoms with van der Waals surface area (Å²) in [5.74, 6) is 0.432. The van der Waals surface area contributed by atoms with Crippen LogP contribution >= 0.6 is 0 Å². The Kier molecular flexibility index (Phi) is 7.60. The van der Waals surface area contributed by atoms with Crippen LogP contribution in [-0.2, 0) is 14.3 Å². The Morgan fingerprint density at radius 1 is 1.19 bits per heavy atom. The molecular formula is C24H37N5O3. The van der Waals surface area contributed by atoms with Crippen LogP contribution in [0, 0.1) is 5.92 Å². The molecule has 2 amide bonds. The molecule has 3 aliphatic rings. The Balaban J connectivity index is 1.48. The summed E-state index contributed by atoms with van der Waals surface area (Å²) in [4.78, 5) is 39.5. The van der Waals surface area contributed by atoms with Gasteiger partial charge < -0.3 is 19.9 Å². The summed E-state index contributed by atoms with van der Waals surface area (Å²) in [6, 6.07) is 1.97. The van der Waals surface area contributed by atoms with E-state index < -0.39 is 0 Å². The molecule has 0 saturated carbocycles. The quantitative estimate of drug-likeness (QED) is 0.697. The second-order valence-electron chi connectivity index (χ2n) is 9.68. The first-order valence-corrected chi connectivity index (χ1v) is 12.3. The van der Waals surface area contributed by atoms with Gasteiger partial charge in [-0.2, -0.15) is 0 Å². The number of piperidine rings is 1. The van der Waals surface area contributed by atoms with Gasteiger partial charge >= 0.3 is 0 Å². The average Bonchev–Trinajstić information content (AvgIpc) is 3.48. The van der Waals surface area contributed by atoms with Crippen molar-refractivity contribution in [2.75, 3.05) is 37.7 Å². The predicted molar refractivity (Wildman–Crippen MR) is 122 cm³/mol. The number of aromatic nitrogens is 2. The average molecular weight is 444 g/mol.